The summed E-state index contributed by atoms with van der Waals surface area (Å²) in [5, 5.41) is 2.70. The smallest absolute Gasteiger partial charge is 0.274 e. The van der Waals surface area contributed by atoms with Gasteiger partial charge in [-0.15, -0.1) is 0 Å². The maximum atomic E-state index is 12.9. The molecule has 1 aromatic carbocycles. The molecule has 2 aromatic heterocycles. The number of pyridine rings is 1. The Balaban J connectivity index is 1.61. The van der Waals surface area contributed by atoms with Crippen LogP contribution in [0.4, 0.5) is 0 Å². The van der Waals surface area contributed by atoms with Gasteiger partial charge in [-0.1, -0.05) is 30.3 Å². The molecule has 1 aliphatic heterocycles. The monoisotopic (exact) mass is 417 g/mol. The Morgan fingerprint density at radius 3 is 2.68 bits per heavy atom. The SMILES string of the molecule is CNC(=O)C1(Cc2cccc(-c3cccnc3)c2)CN(C(=O)c2cnccn2)CCO1. The Bertz CT molecular complexity index is 1060. The van der Waals surface area contributed by atoms with Crippen LogP contribution in [0, 0.1) is 0 Å². The molecule has 8 nitrogen and oxygen atoms in total. The topological polar surface area (TPSA) is 97.3 Å². The Morgan fingerprint density at radius 1 is 1.10 bits per heavy atom. The van der Waals surface area contributed by atoms with E-state index in [0.29, 0.717) is 13.0 Å². The molecule has 4 rings (SSSR count). The molecule has 31 heavy (non-hydrogen) atoms. The fraction of sp³-hybridized carbons (Fsp3) is 0.261. The molecule has 0 aliphatic carbocycles. The van der Waals surface area contributed by atoms with E-state index in [2.05, 4.69) is 20.3 Å². The number of nitrogens with zero attached hydrogens (tertiary/aromatic N) is 4. The van der Waals surface area contributed by atoms with Gasteiger partial charge in [0.25, 0.3) is 11.8 Å². The third kappa shape index (κ3) is 4.44. The van der Waals surface area contributed by atoms with Crippen LogP contribution in [-0.2, 0) is 16.0 Å². The van der Waals surface area contributed by atoms with Gasteiger partial charge in [0.1, 0.15) is 5.69 Å². The number of ether oxygens (including phenoxy) is 1. The second-order valence-corrected chi connectivity index (χ2v) is 7.36. The van der Waals surface area contributed by atoms with E-state index in [9.17, 15) is 9.59 Å². The molecule has 1 N–H and O–H groups in total. The van der Waals surface area contributed by atoms with Crippen LogP contribution in [0.1, 0.15) is 16.1 Å². The first kappa shape index (κ1) is 20.6. The number of rotatable bonds is 5. The van der Waals surface area contributed by atoms with E-state index in [1.165, 1.54) is 18.6 Å². The average molecular weight is 417 g/mol. The van der Waals surface area contributed by atoms with Crippen molar-refractivity contribution in [3.63, 3.8) is 0 Å². The normalized spacial score (nSPS) is 18.4. The maximum absolute atomic E-state index is 12.9. The summed E-state index contributed by atoms with van der Waals surface area (Å²) in [5.74, 6) is -0.537. The molecule has 1 atom stereocenters. The van der Waals surface area contributed by atoms with Gasteiger partial charge in [0.15, 0.2) is 5.60 Å². The second kappa shape index (κ2) is 9.01. The third-order valence-electron chi connectivity index (χ3n) is 5.31. The van der Waals surface area contributed by atoms with Gasteiger partial charge < -0.3 is 15.0 Å². The van der Waals surface area contributed by atoms with Gasteiger partial charge in [-0.05, 0) is 22.8 Å². The quantitative estimate of drug-likeness (QED) is 0.679. The molecule has 3 heterocycles. The van der Waals surface area contributed by atoms with Crippen LogP contribution in [0.15, 0.2) is 67.4 Å². The van der Waals surface area contributed by atoms with Crippen molar-refractivity contribution in [3.05, 3.63) is 78.6 Å². The molecule has 8 heteroatoms. The van der Waals surface area contributed by atoms with Crippen LogP contribution in [0.25, 0.3) is 11.1 Å². The highest BCUT2D eigenvalue weighted by molar-refractivity contribution is 5.93. The maximum Gasteiger partial charge on any atom is 0.274 e. The zero-order chi connectivity index (χ0) is 21.7. The average Bonchev–Trinajstić information content (AvgIpc) is 2.84. The van der Waals surface area contributed by atoms with Crippen molar-refractivity contribution in [1.29, 1.82) is 0 Å². The van der Waals surface area contributed by atoms with Gasteiger partial charge >= 0.3 is 0 Å². The van der Waals surface area contributed by atoms with E-state index in [-0.39, 0.29) is 30.7 Å². The second-order valence-electron chi connectivity index (χ2n) is 7.36. The van der Waals surface area contributed by atoms with Crippen LogP contribution in [0.2, 0.25) is 0 Å². The van der Waals surface area contributed by atoms with Gasteiger partial charge in [0, 0.05) is 44.8 Å². The minimum atomic E-state index is -1.20. The van der Waals surface area contributed by atoms with Crippen LogP contribution >= 0.6 is 0 Å². The van der Waals surface area contributed by atoms with E-state index in [0.717, 1.165) is 16.7 Å². The Labute approximate surface area is 180 Å². The fourth-order valence-electron chi connectivity index (χ4n) is 3.81. The number of carbonyl (C=O) groups excluding carboxylic acids is 2. The summed E-state index contributed by atoms with van der Waals surface area (Å²) in [7, 11) is 1.57. The molecule has 1 aliphatic rings. The lowest BCUT2D eigenvalue weighted by atomic mass is 9.90. The highest BCUT2D eigenvalue weighted by Gasteiger charge is 2.45. The number of aromatic nitrogens is 3. The van der Waals surface area contributed by atoms with Crippen molar-refractivity contribution in [3.8, 4) is 11.1 Å². The van der Waals surface area contributed by atoms with Gasteiger partial charge in [-0.25, -0.2) is 4.98 Å². The molecule has 0 bridgehead atoms. The molecule has 0 spiro atoms. The first-order chi connectivity index (χ1) is 15.1. The van der Waals surface area contributed by atoms with Crippen LogP contribution in [-0.4, -0.2) is 64.0 Å². The van der Waals surface area contributed by atoms with E-state index >= 15 is 0 Å². The molecule has 158 valence electrons. The van der Waals surface area contributed by atoms with Crippen molar-refractivity contribution in [2.24, 2.45) is 0 Å². The minimum absolute atomic E-state index is 0.124. The Hall–Kier alpha value is -3.65. The van der Waals surface area contributed by atoms with E-state index in [1.807, 2.05) is 36.4 Å². The summed E-state index contributed by atoms with van der Waals surface area (Å²) in [5.41, 5.74) is 1.97. The lowest BCUT2D eigenvalue weighted by molar-refractivity contribution is -0.156. The zero-order valence-electron chi connectivity index (χ0n) is 17.2. The molecular weight excluding hydrogens is 394 g/mol. The van der Waals surface area contributed by atoms with E-state index in [4.69, 9.17) is 4.74 Å². The zero-order valence-corrected chi connectivity index (χ0v) is 17.2. The number of amides is 2. The molecule has 2 amide bonds. The first-order valence-electron chi connectivity index (χ1n) is 10.0. The lowest BCUT2D eigenvalue weighted by Crippen LogP contribution is -2.61. The number of likely N-dealkylation sites (N-methyl/N-ethyl adjacent to an activating group) is 1. The molecule has 1 unspecified atom stereocenters. The summed E-state index contributed by atoms with van der Waals surface area (Å²) < 4.78 is 6.03. The number of hydrogen-bond acceptors (Lipinski definition) is 6. The molecule has 1 saturated heterocycles. The highest BCUT2D eigenvalue weighted by Crippen LogP contribution is 2.27. The van der Waals surface area contributed by atoms with E-state index in [1.54, 1.807) is 24.3 Å². The van der Waals surface area contributed by atoms with Crippen LogP contribution in [0.3, 0.4) is 0 Å². The molecular formula is C23H23N5O3. The molecule has 0 saturated carbocycles. The predicted molar refractivity (Wildman–Crippen MR) is 114 cm³/mol. The van der Waals surface area contributed by atoms with Crippen LogP contribution < -0.4 is 5.32 Å². The molecule has 3 aromatic rings. The van der Waals surface area contributed by atoms with Crippen molar-refractivity contribution >= 4 is 11.8 Å². The first-order valence-corrected chi connectivity index (χ1v) is 10.0. The highest BCUT2D eigenvalue weighted by atomic mass is 16.5. The summed E-state index contributed by atoms with van der Waals surface area (Å²) in [6.45, 7) is 0.755. The van der Waals surface area contributed by atoms with Crippen molar-refractivity contribution in [1.82, 2.24) is 25.2 Å². The van der Waals surface area contributed by atoms with Crippen molar-refractivity contribution < 1.29 is 14.3 Å². The number of morpholine rings is 1. The largest absolute Gasteiger partial charge is 0.361 e. The van der Waals surface area contributed by atoms with Crippen molar-refractivity contribution in [2.75, 3.05) is 26.7 Å². The standard InChI is InChI=1S/C23H23N5O3/c1-24-22(30)23(13-17-4-2-5-18(12-17)19-6-3-7-25-14-19)16-28(10-11-31-23)21(29)20-15-26-8-9-27-20/h2-9,12,14-15H,10-11,13,16H2,1H3,(H,24,30). The molecule has 1 fully saturated rings. The molecule has 0 radical (unpaired) electrons. The number of nitrogens with one attached hydrogen (secondary N) is 1. The Kier molecular flexibility index (Phi) is 5.99. The van der Waals surface area contributed by atoms with Gasteiger partial charge in [0.2, 0.25) is 0 Å². The van der Waals surface area contributed by atoms with Gasteiger partial charge in [-0.2, -0.15) is 0 Å². The summed E-state index contributed by atoms with van der Waals surface area (Å²) >= 11 is 0. The van der Waals surface area contributed by atoms with Gasteiger partial charge in [-0.3, -0.25) is 19.6 Å². The van der Waals surface area contributed by atoms with Crippen molar-refractivity contribution in [2.45, 2.75) is 12.0 Å². The Morgan fingerprint density at radius 2 is 1.94 bits per heavy atom. The minimum Gasteiger partial charge on any atom is -0.361 e. The van der Waals surface area contributed by atoms with Crippen LogP contribution in [0.5, 0.6) is 0 Å². The number of carbonyl (C=O) groups is 2. The summed E-state index contributed by atoms with van der Waals surface area (Å²) in [6.07, 6.45) is 8.27. The fourth-order valence-corrected chi connectivity index (χ4v) is 3.81. The van der Waals surface area contributed by atoms with E-state index < -0.39 is 5.60 Å². The predicted octanol–water partition coefficient (Wildman–Crippen LogP) is 1.74. The van der Waals surface area contributed by atoms with Gasteiger partial charge in [0.05, 0.1) is 19.3 Å². The summed E-state index contributed by atoms with van der Waals surface area (Å²) in [6, 6.07) is 11.8. The summed E-state index contributed by atoms with van der Waals surface area (Å²) in [4.78, 5) is 39.7. The number of hydrogen-bond donors (Lipinski definition) is 1. The number of benzene rings is 1. The lowest BCUT2D eigenvalue weighted by Gasteiger charge is -2.41. The third-order valence-corrected chi connectivity index (χ3v) is 5.31.